The molecule has 1 saturated heterocycles. The van der Waals surface area contributed by atoms with E-state index in [2.05, 4.69) is 6.92 Å². The number of hydrogen-bond acceptors (Lipinski definition) is 6. The van der Waals surface area contributed by atoms with E-state index in [1.54, 1.807) is 0 Å². The summed E-state index contributed by atoms with van der Waals surface area (Å²) in [4.78, 5) is 25.3. The van der Waals surface area contributed by atoms with E-state index in [9.17, 15) is 31.5 Å². The Hall–Kier alpha value is -3.05. The summed E-state index contributed by atoms with van der Waals surface area (Å²) in [5, 5.41) is 0. The molecule has 3 rings (SSSR count). The second kappa shape index (κ2) is 18.2. The zero-order chi connectivity index (χ0) is 32.8. The van der Waals surface area contributed by atoms with Crippen LogP contribution in [0.5, 0.6) is 11.5 Å². The molecule has 3 atom stereocenters. The standard InChI is InChI=1S/C34H43F5O6/c1-3-5-7-9-10-11-13-23-16-20-27(30(36)29(23)35)44-32(40)24-14-17-25(18-15-24)43-33(41)26-19-21-28(42-22-12-8-6-4-2)45-31(26)34(37,38)39/h14-18,20,26,28,31H,3-13,19,21-22H2,1-2H3. The van der Waals surface area contributed by atoms with Gasteiger partial charge in [0.05, 0.1) is 11.5 Å². The van der Waals surface area contributed by atoms with Crippen molar-refractivity contribution in [1.82, 2.24) is 0 Å². The van der Waals surface area contributed by atoms with Gasteiger partial charge in [0.1, 0.15) is 5.75 Å². The Kier molecular flexibility index (Phi) is 14.7. The molecule has 0 aromatic heterocycles. The first kappa shape index (κ1) is 36.4. The maximum Gasteiger partial charge on any atom is 0.415 e. The van der Waals surface area contributed by atoms with Crippen molar-refractivity contribution >= 4 is 11.9 Å². The minimum absolute atomic E-state index is 0.0705. The van der Waals surface area contributed by atoms with Gasteiger partial charge in [0.15, 0.2) is 24.0 Å². The zero-order valence-corrected chi connectivity index (χ0v) is 25.9. The maximum atomic E-state index is 14.6. The molecule has 1 aliphatic heterocycles. The maximum absolute atomic E-state index is 14.6. The lowest BCUT2D eigenvalue weighted by Crippen LogP contribution is -2.49. The molecule has 0 aliphatic carbocycles. The Morgan fingerprint density at radius 3 is 2.11 bits per heavy atom. The molecule has 250 valence electrons. The molecule has 0 spiro atoms. The van der Waals surface area contributed by atoms with Crippen LogP contribution in [-0.2, 0) is 20.7 Å². The molecule has 2 aromatic rings. The van der Waals surface area contributed by atoms with E-state index in [1.165, 1.54) is 36.4 Å². The minimum atomic E-state index is -4.82. The van der Waals surface area contributed by atoms with E-state index in [1.807, 2.05) is 6.92 Å². The second-order valence-electron chi connectivity index (χ2n) is 11.3. The molecular weight excluding hydrogens is 599 g/mol. The van der Waals surface area contributed by atoms with Crippen molar-refractivity contribution < 1.29 is 50.5 Å². The van der Waals surface area contributed by atoms with Gasteiger partial charge in [0, 0.05) is 6.61 Å². The van der Waals surface area contributed by atoms with E-state index in [0.717, 1.165) is 57.8 Å². The largest absolute Gasteiger partial charge is 0.426 e. The van der Waals surface area contributed by atoms with Crippen LogP contribution in [0.25, 0.3) is 0 Å². The number of benzene rings is 2. The number of hydrogen-bond donors (Lipinski definition) is 0. The normalized spacial score (nSPS) is 18.5. The van der Waals surface area contributed by atoms with Gasteiger partial charge in [0.2, 0.25) is 5.82 Å². The number of carbonyl (C=O) groups excluding carboxylic acids is 2. The Morgan fingerprint density at radius 1 is 0.800 bits per heavy atom. The van der Waals surface area contributed by atoms with Gasteiger partial charge in [0.25, 0.3) is 0 Å². The third-order valence-corrected chi connectivity index (χ3v) is 7.74. The number of unbranched alkanes of at least 4 members (excludes halogenated alkanes) is 8. The van der Waals surface area contributed by atoms with Crippen molar-refractivity contribution in [3.05, 3.63) is 59.2 Å². The fourth-order valence-corrected chi connectivity index (χ4v) is 5.16. The third kappa shape index (κ3) is 11.4. The Labute approximate surface area is 261 Å². The summed E-state index contributed by atoms with van der Waals surface area (Å²) in [5.74, 6) is -6.74. The molecule has 0 bridgehead atoms. The minimum Gasteiger partial charge on any atom is -0.426 e. The van der Waals surface area contributed by atoms with Crippen LogP contribution in [0, 0.1) is 17.6 Å². The molecule has 11 heteroatoms. The van der Waals surface area contributed by atoms with Crippen LogP contribution in [0.3, 0.4) is 0 Å². The predicted octanol–water partition coefficient (Wildman–Crippen LogP) is 9.27. The van der Waals surface area contributed by atoms with E-state index in [0.29, 0.717) is 12.8 Å². The third-order valence-electron chi connectivity index (χ3n) is 7.74. The summed E-state index contributed by atoms with van der Waals surface area (Å²) >= 11 is 0. The van der Waals surface area contributed by atoms with Crippen molar-refractivity contribution in [3.8, 4) is 11.5 Å². The first-order valence-electron chi connectivity index (χ1n) is 15.9. The molecule has 2 aromatic carbocycles. The highest BCUT2D eigenvalue weighted by Crippen LogP contribution is 2.37. The number of ether oxygens (including phenoxy) is 4. The first-order chi connectivity index (χ1) is 21.5. The van der Waals surface area contributed by atoms with Gasteiger partial charge in [-0.25, -0.2) is 9.18 Å². The highest BCUT2D eigenvalue weighted by atomic mass is 19.4. The fourth-order valence-electron chi connectivity index (χ4n) is 5.16. The average Bonchev–Trinajstić information content (AvgIpc) is 3.01. The van der Waals surface area contributed by atoms with Crippen molar-refractivity contribution in [2.24, 2.45) is 5.92 Å². The number of rotatable bonds is 17. The van der Waals surface area contributed by atoms with Crippen LogP contribution < -0.4 is 9.47 Å². The Balaban J connectivity index is 1.54. The van der Waals surface area contributed by atoms with Gasteiger partial charge >= 0.3 is 18.1 Å². The molecule has 3 unspecified atom stereocenters. The SMILES string of the molecule is CCCCCCCCc1ccc(OC(=O)c2ccc(OC(=O)C3CCC(OCCCCCC)OC3C(F)(F)F)cc2)c(F)c1F. The monoisotopic (exact) mass is 642 g/mol. The number of esters is 2. The average molecular weight is 643 g/mol. The van der Waals surface area contributed by atoms with Crippen LogP contribution in [0.15, 0.2) is 36.4 Å². The van der Waals surface area contributed by atoms with E-state index in [4.69, 9.17) is 18.9 Å². The topological polar surface area (TPSA) is 71.1 Å². The molecule has 1 heterocycles. The zero-order valence-electron chi connectivity index (χ0n) is 25.9. The van der Waals surface area contributed by atoms with E-state index >= 15 is 0 Å². The van der Waals surface area contributed by atoms with Gasteiger partial charge in [-0.15, -0.1) is 0 Å². The summed E-state index contributed by atoms with van der Waals surface area (Å²) in [6.45, 7) is 4.43. The Bertz CT molecular complexity index is 1220. The molecule has 1 aliphatic rings. The van der Waals surface area contributed by atoms with Gasteiger partial charge in [-0.2, -0.15) is 17.6 Å². The van der Waals surface area contributed by atoms with Crippen LogP contribution in [0.2, 0.25) is 0 Å². The number of halogens is 5. The molecule has 0 saturated carbocycles. The molecular formula is C34H43F5O6. The van der Waals surface area contributed by atoms with E-state index < -0.39 is 53.8 Å². The molecule has 0 N–H and O–H groups in total. The number of aryl methyl sites for hydroxylation is 1. The van der Waals surface area contributed by atoms with Gasteiger partial charge < -0.3 is 18.9 Å². The highest BCUT2D eigenvalue weighted by Gasteiger charge is 2.52. The number of carbonyl (C=O) groups is 2. The predicted molar refractivity (Wildman–Crippen MR) is 158 cm³/mol. The lowest BCUT2D eigenvalue weighted by Gasteiger charge is -2.35. The van der Waals surface area contributed by atoms with E-state index in [-0.39, 0.29) is 36.3 Å². The lowest BCUT2D eigenvalue weighted by molar-refractivity contribution is -0.301. The van der Waals surface area contributed by atoms with Gasteiger partial charge in [-0.05, 0) is 68.0 Å². The smallest absolute Gasteiger partial charge is 0.415 e. The van der Waals surface area contributed by atoms with Crippen LogP contribution in [0.1, 0.15) is 107 Å². The summed E-state index contributed by atoms with van der Waals surface area (Å²) in [6, 6.07) is 7.39. The fraction of sp³-hybridized carbons (Fsp3) is 0.588. The van der Waals surface area contributed by atoms with Gasteiger partial charge in [-0.3, -0.25) is 4.79 Å². The molecule has 1 fully saturated rings. The van der Waals surface area contributed by atoms with Crippen LogP contribution >= 0.6 is 0 Å². The van der Waals surface area contributed by atoms with Crippen LogP contribution in [0.4, 0.5) is 22.0 Å². The van der Waals surface area contributed by atoms with Crippen molar-refractivity contribution in [1.29, 1.82) is 0 Å². The summed E-state index contributed by atoms with van der Waals surface area (Å²) in [7, 11) is 0. The molecule has 0 radical (unpaired) electrons. The summed E-state index contributed by atoms with van der Waals surface area (Å²) < 4.78 is 91.3. The molecule has 6 nitrogen and oxygen atoms in total. The quantitative estimate of drug-likeness (QED) is 0.0742. The van der Waals surface area contributed by atoms with Crippen molar-refractivity contribution in [3.63, 3.8) is 0 Å². The molecule has 45 heavy (non-hydrogen) atoms. The van der Waals surface area contributed by atoms with Crippen LogP contribution in [-0.4, -0.2) is 37.1 Å². The summed E-state index contributed by atoms with van der Waals surface area (Å²) in [5.41, 5.74) is 0.134. The highest BCUT2D eigenvalue weighted by molar-refractivity contribution is 5.91. The summed E-state index contributed by atoms with van der Waals surface area (Å²) in [6.07, 6.45) is 1.71. The lowest BCUT2D eigenvalue weighted by atomic mass is 9.93. The van der Waals surface area contributed by atoms with Gasteiger partial charge in [-0.1, -0.05) is 71.3 Å². The van der Waals surface area contributed by atoms with Crippen molar-refractivity contribution in [2.75, 3.05) is 6.61 Å². The van der Waals surface area contributed by atoms with Crippen molar-refractivity contribution in [2.45, 2.75) is 116 Å². The molecule has 0 amide bonds. The first-order valence-corrected chi connectivity index (χ1v) is 15.9. The number of alkyl halides is 3. The second-order valence-corrected chi connectivity index (χ2v) is 11.3. The Morgan fingerprint density at radius 2 is 1.44 bits per heavy atom.